The van der Waals surface area contributed by atoms with E-state index in [1.165, 1.54) is 12.0 Å². The van der Waals surface area contributed by atoms with Gasteiger partial charge in [0, 0.05) is 12.1 Å². The zero-order chi connectivity index (χ0) is 13.9. The van der Waals surface area contributed by atoms with E-state index >= 15 is 0 Å². The fourth-order valence-corrected chi connectivity index (χ4v) is 2.69. The van der Waals surface area contributed by atoms with Gasteiger partial charge in [-0.1, -0.05) is 0 Å². The molecule has 1 fully saturated rings. The molecule has 1 aliphatic rings. The van der Waals surface area contributed by atoms with E-state index in [1.54, 1.807) is 14.2 Å². The zero-order valence-electron chi connectivity index (χ0n) is 12.3. The average molecular weight is 264 g/mol. The SMILES string of the molecule is COc1ccc(OC)c(C2(C)CNCCCN2C)c1. The number of nitrogens with one attached hydrogen (secondary N) is 1. The molecular formula is C15H24N2O2. The highest BCUT2D eigenvalue weighted by Gasteiger charge is 2.35. The van der Waals surface area contributed by atoms with Crippen LogP contribution in [0.15, 0.2) is 18.2 Å². The van der Waals surface area contributed by atoms with E-state index in [0.717, 1.165) is 31.1 Å². The van der Waals surface area contributed by atoms with Crippen molar-refractivity contribution in [1.29, 1.82) is 0 Å². The molecular weight excluding hydrogens is 240 g/mol. The molecule has 0 saturated carbocycles. The van der Waals surface area contributed by atoms with Gasteiger partial charge in [-0.2, -0.15) is 0 Å². The molecule has 0 amide bonds. The lowest BCUT2D eigenvalue weighted by Crippen LogP contribution is -2.46. The lowest BCUT2D eigenvalue weighted by atomic mass is 9.89. The summed E-state index contributed by atoms with van der Waals surface area (Å²) in [6.07, 6.45) is 1.17. The van der Waals surface area contributed by atoms with Crippen molar-refractivity contribution in [2.75, 3.05) is 40.9 Å². The summed E-state index contributed by atoms with van der Waals surface area (Å²) in [7, 11) is 5.59. The molecule has 0 spiro atoms. The largest absolute Gasteiger partial charge is 0.497 e. The van der Waals surface area contributed by atoms with E-state index in [0.29, 0.717) is 0 Å². The van der Waals surface area contributed by atoms with Crippen molar-refractivity contribution in [2.24, 2.45) is 0 Å². The molecule has 1 unspecified atom stereocenters. The van der Waals surface area contributed by atoms with Gasteiger partial charge in [0.1, 0.15) is 11.5 Å². The Labute approximate surface area is 115 Å². The van der Waals surface area contributed by atoms with Crippen LogP contribution in [0.25, 0.3) is 0 Å². The molecule has 1 saturated heterocycles. The molecule has 1 aromatic rings. The van der Waals surface area contributed by atoms with Gasteiger partial charge in [-0.3, -0.25) is 4.90 Å². The molecule has 1 aliphatic heterocycles. The van der Waals surface area contributed by atoms with E-state index in [2.05, 4.69) is 30.3 Å². The van der Waals surface area contributed by atoms with Crippen molar-refractivity contribution in [1.82, 2.24) is 10.2 Å². The predicted molar refractivity (Wildman–Crippen MR) is 77.0 cm³/mol. The van der Waals surface area contributed by atoms with E-state index < -0.39 is 0 Å². The number of methoxy groups -OCH3 is 2. The third-order valence-corrected chi connectivity index (χ3v) is 4.15. The van der Waals surface area contributed by atoms with Gasteiger partial charge in [-0.25, -0.2) is 0 Å². The summed E-state index contributed by atoms with van der Waals surface area (Å²) in [5.41, 5.74) is 1.09. The molecule has 1 atom stereocenters. The van der Waals surface area contributed by atoms with Crippen molar-refractivity contribution in [3.05, 3.63) is 23.8 Å². The van der Waals surface area contributed by atoms with E-state index in [9.17, 15) is 0 Å². The van der Waals surface area contributed by atoms with Gasteiger partial charge in [0.05, 0.1) is 19.8 Å². The summed E-state index contributed by atoms with van der Waals surface area (Å²) in [4.78, 5) is 2.39. The topological polar surface area (TPSA) is 33.7 Å². The molecule has 0 aliphatic carbocycles. The van der Waals surface area contributed by atoms with Crippen molar-refractivity contribution in [3.8, 4) is 11.5 Å². The molecule has 1 heterocycles. The van der Waals surface area contributed by atoms with Crippen LogP contribution in [-0.4, -0.2) is 45.8 Å². The van der Waals surface area contributed by atoms with Crippen LogP contribution in [0.4, 0.5) is 0 Å². The summed E-state index contributed by atoms with van der Waals surface area (Å²) in [6, 6.07) is 6.01. The van der Waals surface area contributed by atoms with Gasteiger partial charge in [-0.05, 0) is 51.7 Å². The first-order valence-corrected chi connectivity index (χ1v) is 6.76. The minimum absolute atomic E-state index is 0.0869. The van der Waals surface area contributed by atoms with E-state index in [1.807, 2.05) is 12.1 Å². The van der Waals surface area contributed by atoms with Crippen molar-refractivity contribution < 1.29 is 9.47 Å². The van der Waals surface area contributed by atoms with Gasteiger partial charge in [-0.15, -0.1) is 0 Å². The number of hydrogen-bond donors (Lipinski definition) is 1. The van der Waals surface area contributed by atoms with E-state index in [-0.39, 0.29) is 5.54 Å². The van der Waals surface area contributed by atoms with Crippen LogP contribution in [0.3, 0.4) is 0 Å². The Bertz CT molecular complexity index is 436. The van der Waals surface area contributed by atoms with Crippen LogP contribution >= 0.6 is 0 Å². The Morgan fingerprint density at radius 2 is 2.05 bits per heavy atom. The minimum Gasteiger partial charge on any atom is -0.497 e. The van der Waals surface area contributed by atoms with Gasteiger partial charge < -0.3 is 14.8 Å². The Morgan fingerprint density at radius 3 is 2.74 bits per heavy atom. The second kappa shape index (κ2) is 5.80. The van der Waals surface area contributed by atoms with Gasteiger partial charge in [0.2, 0.25) is 0 Å². The summed E-state index contributed by atoms with van der Waals surface area (Å²) in [5.74, 6) is 1.79. The predicted octanol–water partition coefficient (Wildman–Crippen LogP) is 1.84. The Balaban J connectivity index is 2.47. The molecule has 4 heteroatoms. The highest BCUT2D eigenvalue weighted by Crippen LogP contribution is 2.37. The van der Waals surface area contributed by atoms with Gasteiger partial charge >= 0.3 is 0 Å². The summed E-state index contributed by atoms with van der Waals surface area (Å²) >= 11 is 0. The smallest absolute Gasteiger partial charge is 0.124 e. The minimum atomic E-state index is -0.0869. The van der Waals surface area contributed by atoms with Crippen LogP contribution < -0.4 is 14.8 Å². The summed E-state index contributed by atoms with van der Waals surface area (Å²) < 4.78 is 10.9. The number of benzene rings is 1. The normalized spacial score (nSPS) is 24.8. The van der Waals surface area contributed by atoms with Crippen molar-refractivity contribution >= 4 is 0 Å². The van der Waals surface area contributed by atoms with Crippen molar-refractivity contribution in [2.45, 2.75) is 18.9 Å². The van der Waals surface area contributed by atoms with Gasteiger partial charge in [0.15, 0.2) is 0 Å². The number of rotatable bonds is 3. The number of hydrogen-bond acceptors (Lipinski definition) is 4. The van der Waals surface area contributed by atoms with Crippen LogP contribution in [0.1, 0.15) is 18.9 Å². The molecule has 0 radical (unpaired) electrons. The van der Waals surface area contributed by atoms with Gasteiger partial charge in [0.25, 0.3) is 0 Å². The lowest BCUT2D eigenvalue weighted by Gasteiger charge is -2.38. The second-order valence-electron chi connectivity index (χ2n) is 5.29. The maximum atomic E-state index is 5.54. The van der Waals surface area contributed by atoms with Crippen LogP contribution in [0, 0.1) is 0 Å². The monoisotopic (exact) mass is 264 g/mol. The first-order chi connectivity index (χ1) is 9.11. The van der Waals surface area contributed by atoms with Crippen LogP contribution in [-0.2, 0) is 5.54 Å². The Hall–Kier alpha value is -1.26. The number of nitrogens with zero attached hydrogens (tertiary/aromatic N) is 1. The first-order valence-electron chi connectivity index (χ1n) is 6.76. The zero-order valence-corrected chi connectivity index (χ0v) is 12.3. The molecule has 2 rings (SSSR count). The van der Waals surface area contributed by atoms with Crippen molar-refractivity contribution in [3.63, 3.8) is 0 Å². The molecule has 106 valence electrons. The molecule has 0 aromatic heterocycles. The molecule has 4 nitrogen and oxygen atoms in total. The third kappa shape index (κ3) is 2.69. The number of likely N-dealkylation sites (N-methyl/N-ethyl adjacent to an activating group) is 1. The Morgan fingerprint density at radius 1 is 1.26 bits per heavy atom. The number of ether oxygens (including phenoxy) is 2. The second-order valence-corrected chi connectivity index (χ2v) is 5.29. The fourth-order valence-electron chi connectivity index (χ4n) is 2.69. The molecule has 19 heavy (non-hydrogen) atoms. The first kappa shape index (κ1) is 14.2. The highest BCUT2D eigenvalue weighted by atomic mass is 16.5. The lowest BCUT2D eigenvalue weighted by molar-refractivity contribution is 0.147. The summed E-state index contributed by atoms with van der Waals surface area (Å²) in [5, 5.41) is 3.52. The molecule has 1 aromatic carbocycles. The standard InChI is InChI=1S/C15H24N2O2/c1-15(11-16-8-5-9-17(15)2)13-10-12(18-3)6-7-14(13)19-4/h6-7,10,16H,5,8-9,11H2,1-4H3. The Kier molecular flexibility index (Phi) is 4.32. The molecule has 0 bridgehead atoms. The maximum absolute atomic E-state index is 5.54. The average Bonchev–Trinajstić information content (AvgIpc) is 2.61. The van der Waals surface area contributed by atoms with Crippen LogP contribution in [0.5, 0.6) is 11.5 Å². The highest BCUT2D eigenvalue weighted by molar-refractivity contribution is 5.44. The quantitative estimate of drug-likeness (QED) is 0.903. The molecule has 1 N–H and O–H groups in total. The van der Waals surface area contributed by atoms with E-state index in [4.69, 9.17) is 9.47 Å². The third-order valence-electron chi connectivity index (χ3n) is 4.15. The maximum Gasteiger partial charge on any atom is 0.124 e. The fraction of sp³-hybridized carbons (Fsp3) is 0.600. The van der Waals surface area contributed by atoms with Crippen LogP contribution in [0.2, 0.25) is 0 Å². The summed E-state index contributed by atoms with van der Waals surface area (Å²) in [6.45, 7) is 5.30.